The van der Waals surface area contributed by atoms with Crippen molar-refractivity contribution in [1.82, 2.24) is 10.2 Å². The molecule has 0 spiro atoms. The highest BCUT2D eigenvalue weighted by Gasteiger charge is 2.35. The van der Waals surface area contributed by atoms with Gasteiger partial charge in [0.2, 0.25) is 11.8 Å². The van der Waals surface area contributed by atoms with Crippen molar-refractivity contribution in [1.29, 1.82) is 0 Å². The highest BCUT2D eigenvalue weighted by molar-refractivity contribution is 7.92. The largest absolute Gasteiger partial charge is 0.354 e. The van der Waals surface area contributed by atoms with Crippen molar-refractivity contribution in [3.05, 3.63) is 130 Å². The summed E-state index contributed by atoms with van der Waals surface area (Å²) >= 11 is 12.6. The Kier molecular flexibility index (Phi) is 11.8. The average Bonchev–Trinajstić information content (AvgIpc) is 3.03. The molecule has 4 aromatic rings. The minimum atomic E-state index is -4.22. The highest BCUT2D eigenvalue weighted by atomic mass is 35.5. The number of nitrogens with zero attached hydrogens (tertiary/aromatic N) is 2. The molecule has 0 saturated heterocycles. The molecule has 4 aromatic carbocycles. The van der Waals surface area contributed by atoms with Gasteiger partial charge in [0.1, 0.15) is 12.6 Å². The third-order valence-electron chi connectivity index (χ3n) is 7.10. The smallest absolute Gasteiger partial charge is 0.264 e. The van der Waals surface area contributed by atoms with Crippen LogP contribution < -0.4 is 9.62 Å². The molecular weight excluding hydrogens is 617 g/mol. The number of hydrogen-bond donors (Lipinski definition) is 1. The van der Waals surface area contributed by atoms with Gasteiger partial charge in [-0.05, 0) is 53.9 Å². The van der Waals surface area contributed by atoms with Crippen LogP contribution in [0.15, 0.2) is 114 Å². The molecule has 0 saturated carbocycles. The normalized spacial score (nSPS) is 11.9. The van der Waals surface area contributed by atoms with Crippen LogP contribution in [0, 0.1) is 0 Å². The van der Waals surface area contributed by atoms with Crippen LogP contribution in [0.3, 0.4) is 0 Å². The van der Waals surface area contributed by atoms with E-state index in [1.807, 2.05) is 37.3 Å². The summed E-state index contributed by atoms with van der Waals surface area (Å²) in [5.41, 5.74) is 1.75. The van der Waals surface area contributed by atoms with Gasteiger partial charge in [-0.25, -0.2) is 8.42 Å². The molecule has 7 nitrogen and oxygen atoms in total. The molecule has 0 unspecified atom stereocenters. The number of amides is 2. The molecule has 0 aromatic heterocycles. The second-order valence-corrected chi connectivity index (χ2v) is 13.0. The molecule has 0 aliphatic rings. The summed E-state index contributed by atoms with van der Waals surface area (Å²) in [6.45, 7) is 1.96. The van der Waals surface area contributed by atoms with Gasteiger partial charge in [0.05, 0.1) is 15.6 Å². The summed E-state index contributed by atoms with van der Waals surface area (Å²) in [5, 5.41) is 3.68. The van der Waals surface area contributed by atoms with Crippen LogP contribution in [0.5, 0.6) is 0 Å². The number of sulfonamides is 1. The first-order valence-corrected chi connectivity index (χ1v) is 16.6. The van der Waals surface area contributed by atoms with Gasteiger partial charge in [0, 0.05) is 24.5 Å². The van der Waals surface area contributed by atoms with Gasteiger partial charge >= 0.3 is 0 Å². The van der Waals surface area contributed by atoms with Gasteiger partial charge in [0.25, 0.3) is 10.0 Å². The Morgan fingerprint density at radius 3 is 2.05 bits per heavy atom. The lowest BCUT2D eigenvalue weighted by molar-refractivity contribution is -0.140. The standard InChI is InChI=1S/C34H35Cl2N3O4S/c1-2-3-22-37-34(41)32(23-26-12-6-4-7-13-26)38(24-27-18-20-28(35)21-19-27)33(40)25-39(31-17-11-10-16-30(31)36)44(42,43)29-14-8-5-9-15-29/h4-21,32H,2-3,22-25H2,1H3,(H,37,41)/t32-/m1/s1. The van der Waals surface area contributed by atoms with Gasteiger partial charge in [-0.3, -0.25) is 13.9 Å². The number of nitrogens with one attached hydrogen (secondary N) is 1. The van der Waals surface area contributed by atoms with Crippen molar-refractivity contribution in [2.45, 2.75) is 43.7 Å². The maximum Gasteiger partial charge on any atom is 0.264 e. The molecule has 230 valence electrons. The number of carbonyl (C=O) groups excluding carboxylic acids is 2. The summed E-state index contributed by atoms with van der Waals surface area (Å²) < 4.78 is 29.0. The third-order valence-corrected chi connectivity index (χ3v) is 9.44. The number of anilines is 1. The van der Waals surface area contributed by atoms with Crippen LogP contribution in [0.1, 0.15) is 30.9 Å². The van der Waals surface area contributed by atoms with E-state index < -0.39 is 28.5 Å². The molecule has 0 aliphatic carbocycles. The van der Waals surface area contributed by atoms with Gasteiger partial charge in [-0.15, -0.1) is 0 Å². The zero-order valence-electron chi connectivity index (χ0n) is 24.4. The van der Waals surface area contributed by atoms with E-state index in [2.05, 4.69) is 5.32 Å². The van der Waals surface area contributed by atoms with Crippen LogP contribution in [0.25, 0.3) is 0 Å². The van der Waals surface area contributed by atoms with E-state index in [1.165, 1.54) is 17.0 Å². The summed E-state index contributed by atoms with van der Waals surface area (Å²) in [6.07, 6.45) is 1.90. The van der Waals surface area contributed by atoms with E-state index in [1.54, 1.807) is 66.7 Å². The van der Waals surface area contributed by atoms with Crippen molar-refractivity contribution in [3.8, 4) is 0 Å². The minimum absolute atomic E-state index is 0.00937. The second-order valence-electron chi connectivity index (χ2n) is 10.3. The second kappa shape index (κ2) is 15.7. The number of benzene rings is 4. The number of rotatable bonds is 14. The molecule has 0 fully saturated rings. The highest BCUT2D eigenvalue weighted by Crippen LogP contribution is 2.31. The van der Waals surface area contributed by atoms with Crippen LogP contribution in [-0.4, -0.2) is 44.3 Å². The molecule has 0 heterocycles. The van der Waals surface area contributed by atoms with Gasteiger partial charge in [-0.2, -0.15) is 0 Å². The zero-order valence-corrected chi connectivity index (χ0v) is 26.7. The summed E-state index contributed by atoms with van der Waals surface area (Å²) in [4.78, 5) is 29.6. The van der Waals surface area contributed by atoms with E-state index in [9.17, 15) is 18.0 Å². The predicted octanol–water partition coefficient (Wildman–Crippen LogP) is 6.75. The molecule has 0 aliphatic heterocycles. The number of unbranched alkanes of at least 4 members (excludes halogenated alkanes) is 1. The van der Waals surface area contributed by atoms with E-state index in [-0.39, 0.29) is 34.5 Å². The third kappa shape index (κ3) is 8.62. The average molecular weight is 653 g/mol. The van der Waals surface area contributed by atoms with Crippen LogP contribution in [0.2, 0.25) is 10.0 Å². The lowest BCUT2D eigenvalue weighted by Crippen LogP contribution is -2.53. The Balaban J connectivity index is 1.78. The number of halogens is 2. The summed E-state index contributed by atoms with van der Waals surface area (Å²) in [5.74, 6) is -0.884. The monoisotopic (exact) mass is 651 g/mol. The Morgan fingerprint density at radius 1 is 0.795 bits per heavy atom. The lowest BCUT2D eigenvalue weighted by Gasteiger charge is -2.34. The fourth-order valence-electron chi connectivity index (χ4n) is 4.73. The molecule has 0 radical (unpaired) electrons. The van der Waals surface area contributed by atoms with Gasteiger partial charge in [0.15, 0.2) is 0 Å². The van der Waals surface area contributed by atoms with E-state index in [0.29, 0.717) is 11.6 Å². The van der Waals surface area contributed by atoms with E-state index in [0.717, 1.165) is 28.3 Å². The quantitative estimate of drug-likeness (QED) is 0.153. The molecule has 4 rings (SSSR count). The maximum absolute atomic E-state index is 14.4. The number of para-hydroxylation sites is 1. The molecule has 1 N–H and O–H groups in total. The van der Waals surface area contributed by atoms with Crippen molar-refractivity contribution in [3.63, 3.8) is 0 Å². The molecule has 44 heavy (non-hydrogen) atoms. The van der Waals surface area contributed by atoms with E-state index in [4.69, 9.17) is 23.2 Å². The Bertz CT molecular complexity index is 1640. The minimum Gasteiger partial charge on any atom is -0.354 e. The Hall–Kier alpha value is -3.85. The van der Waals surface area contributed by atoms with Crippen LogP contribution in [-0.2, 0) is 32.6 Å². The Morgan fingerprint density at radius 2 is 1.41 bits per heavy atom. The molecule has 1 atom stereocenters. The summed E-state index contributed by atoms with van der Waals surface area (Å²) in [6, 6.07) is 29.8. The number of hydrogen-bond acceptors (Lipinski definition) is 4. The van der Waals surface area contributed by atoms with Crippen molar-refractivity contribution >= 4 is 50.7 Å². The Labute approximate surface area is 269 Å². The first kappa shape index (κ1) is 33.1. The van der Waals surface area contributed by atoms with Crippen LogP contribution >= 0.6 is 23.2 Å². The first-order chi connectivity index (χ1) is 21.2. The molecule has 10 heteroatoms. The SMILES string of the molecule is CCCCNC(=O)[C@@H](Cc1ccccc1)N(Cc1ccc(Cl)cc1)C(=O)CN(c1ccccc1Cl)S(=O)(=O)c1ccccc1. The topological polar surface area (TPSA) is 86.8 Å². The van der Waals surface area contributed by atoms with Crippen molar-refractivity contribution < 1.29 is 18.0 Å². The van der Waals surface area contributed by atoms with Crippen molar-refractivity contribution in [2.24, 2.45) is 0 Å². The van der Waals surface area contributed by atoms with Crippen LogP contribution in [0.4, 0.5) is 5.69 Å². The molecular formula is C34H35Cl2N3O4S. The summed E-state index contributed by atoms with van der Waals surface area (Å²) in [7, 11) is -4.22. The first-order valence-electron chi connectivity index (χ1n) is 14.4. The molecule has 0 bridgehead atoms. The fourth-order valence-corrected chi connectivity index (χ4v) is 6.60. The van der Waals surface area contributed by atoms with Gasteiger partial charge < -0.3 is 10.2 Å². The predicted molar refractivity (Wildman–Crippen MR) is 176 cm³/mol. The fraction of sp³-hybridized carbons (Fsp3) is 0.235. The van der Waals surface area contributed by atoms with E-state index >= 15 is 0 Å². The number of carbonyl (C=O) groups is 2. The van der Waals surface area contributed by atoms with Gasteiger partial charge in [-0.1, -0.05) is 109 Å². The van der Waals surface area contributed by atoms with Crippen molar-refractivity contribution in [2.75, 3.05) is 17.4 Å². The maximum atomic E-state index is 14.4. The molecule has 2 amide bonds. The zero-order chi connectivity index (χ0) is 31.5. The lowest BCUT2D eigenvalue weighted by atomic mass is 10.0.